The maximum absolute atomic E-state index is 12.8. The van der Waals surface area contributed by atoms with E-state index in [0.29, 0.717) is 11.7 Å². The molecule has 0 aliphatic carbocycles. The topological polar surface area (TPSA) is 45.0 Å². The highest BCUT2D eigenvalue weighted by Crippen LogP contribution is 2.32. The Morgan fingerprint density at radius 2 is 2.08 bits per heavy atom. The molecule has 0 radical (unpaired) electrons. The Labute approximate surface area is 156 Å². The fraction of sp³-hybridized carbons (Fsp3) is 0.316. The maximum Gasteiger partial charge on any atom is 0.242 e. The number of nitrogens with zero attached hydrogens (tertiary/aromatic N) is 3. The van der Waals surface area contributed by atoms with Crippen molar-refractivity contribution in [3.8, 4) is 0 Å². The van der Waals surface area contributed by atoms with Crippen LogP contribution in [0.15, 0.2) is 52.0 Å². The molecule has 130 valence electrons. The molecule has 1 aromatic heterocycles. The molecule has 0 bridgehead atoms. The first-order valence-electron chi connectivity index (χ1n) is 8.36. The van der Waals surface area contributed by atoms with Crippen LogP contribution in [0.4, 0.5) is 0 Å². The molecule has 1 aliphatic heterocycles. The van der Waals surface area contributed by atoms with Crippen LogP contribution in [-0.2, 0) is 11.3 Å². The van der Waals surface area contributed by atoms with Gasteiger partial charge in [-0.05, 0) is 35.9 Å². The lowest BCUT2D eigenvalue weighted by atomic mass is 10.1. The van der Waals surface area contributed by atoms with Gasteiger partial charge in [-0.1, -0.05) is 55.4 Å². The summed E-state index contributed by atoms with van der Waals surface area (Å²) in [5.74, 6) is 0.139. The molecule has 2 heterocycles. The van der Waals surface area contributed by atoms with E-state index in [-0.39, 0.29) is 11.2 Å². The van der Waals surface area contributed by atoms with Crippen molar-refractivity contribution in [1.29, 1.82) is 0 Å². The standard InChI is InChI=1S/C19H21N3OS2/c1-3-7-17-18(23)22(13-15-9-5-4-8-14(15)2)19(25-17)21-20-12-16-10-6-11-24-16/h4-6,8-12,17H,3,7,13H2,1-2H3. The van der Waals surface area contributed by atoms with E-state index in [1.54, 1.807) is 22.5 Å². The summed E-state index contributed by atoms with van der Waals surface area (Å²) in [7, 11) is 0. The van der Waals surface area contributed by atoms with Crippen LogP contribution in [-0.4, -0.2) is 27.4 Å². The molecule has 25 heavy (non-hydrogen) atoms. The number of aryl methyl sites for hydroxylation is 1. The number of benzene rings is 1. The highest BCUT2D eigenvalue weighted by molar-refractivity contribution is 8.15. The molecule has 0 N–H and O–H groups in total. The van der Waals surface area contributed by atoms with Crippen LogP contribution >= 0.6 is 23.1 Å². The fourth-order valence-electron chi connectivity index (χ4n) is 2.63. The summed E-state index contributed by atoms with van der Waals surface area (Å²) in [6.45, 7) is 4.72. The van der Waals surface area contributed by atoms with Gasteiger partial charge in [0, 0.05) is 4.88 Å². The zero-order valence-electron chi connectivity index (χ0n) is 14.4. The van der Waals surface area contributed by atoms with Crippen LogP contribution in [0.2, 0.25) is 0 Å². The predicted molar refractivity (Wildman–Crippen MR) is 107 cm³/mol. The number of thioether (sulfide) groups is 1. The molecule has 3 rings (SSSR count). The molecule has 4 nitrogen and oxygen atoms in total. The zero-order valence-corrected chi connectivity index (χ0v) is 16.0. The van der Waals surface area contributed by atoms with Crippen molar-refractivity contribution in [2.45, 2.75) is 38.5 Å². The van der Waals surface area contributed by atoms with Gasteiger partial charge in [0.1, 0.15) is 0 Å². The molecule has 1 atom stereocenters. The van der Waals surface area contributed by atoms with E-state index in [1.807, 2.05) is 29.6 Å². The number of amidine groups is 1. The lowest BCUT2D eigenvalue weighted by Crippen LogP contribution is -2.31. The van der Waals surface area contributed by atoms with Gasteiger partial charge in [-0.3, -0.25) is 9.69 Å². The number of thiophene rings is 1. The van der Waals surface area contributed by atoms with Crippen LogP contribution in [0.3, 0.4) is 0 Å². The Kier molecular flexibility index (Phi) is 6.04. The Morgan fingerprint density at radius 3 is 2.80 bits per heavy atom. The number of carbonyl (C=O) groups excluding carboxylic acids is 1. The predicted octanol–water partition coefficient (Wildman–Crippen LogP) is 4.69. The molecule has 1 unspecified atom stereocenters. The largest absolute Gasteiger partial charge is 0.284 e. The molecule has 0 spiro atoms. The molecule has 1 aliphatic rings. The van der Waals surface area contributed by atoms with E-state index in [2.05, 4.69) is 36.2 Å². The van der Waals surface area contributed by atoms with Gasteiger partial charge in [-0.25, -0.2) is 0 Å². The minimum atomic E-state index is -0.0512. The van der Waals surface area contributed by atoms with Crippen molar-refractivity contribution in [2.24, 2.45) is 10.2 Å². The third kappa shape index (κ3) is 4.38. The first kappa shape index (κ1) is 17.9. The van der Waals surface area contributed by atoms with Crippen LogP contribution in [0.1, 0.15) is 35.8 Å². The van der Waals surface area contributed by atoms with Gasteiger partial charge >= 0.3 is 0 Å². The molecular formula is C19H21N3OS2. The lowest BCUT2D eigenvalue weighted by molar-refractivity contribution is -0.126. The van der Waals surface area contributed by atoms with Crippen molar-refractivity contribution < 1.29 is 4.79 Å². The van der Waals surface area contributed by atoms with Gasteiger partial charge in [-0.15, -0.1) is 16.4 Å². The summed E-state index contributed by atoms with van der Waals surface area (Å²) in [6.07, 6.45) is 3.58. The molecule has 1 amide bonds. The summed E-state index contributed by atoms with van der Waals surface area (Å²) in [5, 5.41) is 11.2. The van der Waals surface area contributed by atoms with E-state index < -0.39 is 0 Å². The molecular weight excluding hydrogens is 350 g/mol. The quantitative estimate of drug-likeness (QED) is 0.546. The minimum absolute atomic E-state index is 0.0512. The molecule has 0 saturated carbocycles. The summed E-state index contributed by atoms with van der Waals surface area (Å²) in [5.41, 5.74) is 2.32. The number of carbonyl (C=O) groups is 1. The second-order valence-corrected chi connectivity index (χ2v) is 8.04. The van der Waals surface area contributed by atoms with Crippen molar-refractivity contribution in [2.75, 3.05) is 0 Å². The smallest absolute Gasteiger partial charge is 0.242 e. The van der Waals surface area contributed by atoms with Crippen molar-refractivity contribution in [1.82, 2.24) is 4.90 Å². The minimum Gasteiger partial charge on any atom is -0.284 e. The number of hydrogen-bond donors (Lipinski definition) is 0. The molecule has 1 saturated heterocycles. The summed E-state index contributed by atoms with van der Waals surface area (Å²) in [6, 6.07) is 12.1. The number of amides is 1. The number of hydrogen-bond acceptors (Lipinski definition) is 5. The average Bonchev–Trinajstić information content (AvgIpc) is 3.21. The van der Waals surface area contributed by atoms with Gasteiger partial charge in [0.25, 0.3) is 0 Å². The second-order valence-electron chi connectivity index (χ2n) is 5.89. The van der Waals surface area contributed by atoms with Crippen molar-refractivity contribution >= 4 is 40.4 Å². The SMILES string of the molecule is CCCC1SC(=NN=Cc2cccs2)N(Cc2ccccc2C)C1=O. The third-order valence-corrected chi connectivity index (χ3v) is 6.07. The van der Waals surface area contributed by atoms with Crippen molar-refractivity contribution in [3.05, 3.63) is 57.8 Å². The van der Waals surface area contributed by atoms with Crippen LogP contribution in [0.5, 0.6) is 0 Å². The third-order valence-electron chi connectivity index (χ3n) is 4.03. The van der Waals surface area contributed by atoms with E-state index in [1.165, 1.54) is 17.3 Å². The highest BCUT2D eigenvalue weighted by Gasteiger charge is 2.37. The summed E-state index contributed by atoms with van der Waals surface area (Å²) < 4.78 is 0. The Bertz CT molecular complexity index is 784. The molecule has 1 fully saturated rings. The first-order valence-corrected chi connectivity index (χ1v) is 10.1. The molecule has 1 aromatic carbocycles. The van der Waals surface area contributed by atoms with Crippen LogP contribution < -0.4 is 0 Å². The van der Waals surface area contributed by atoms with Gasteiger partial charge in [0.15, 0.2) is 5.17 Å². The lowest BCUT2D eigenvalue weighted by Gasteiger charge is -2.17. The van der Waals surface area contributed by atoms with E-state index in [9.17, 15) is 4.79 Å². The van der Waals surface area contributed by atoms with Gasteiger partial charge < -0.3 is 0 Å². The highest BCUT2D eigenvalue weighted by atomic mass is 32.2. The Hall–Kier alpha value is -1.92. The Morgan fingerprint density at radius 1 is 1.24 bits per heavy atom. The maximum atomic E-state index is 12.8. The van der Waals surface area contributed by atoms with Gasteiger partial charge in [-0.2, -0.15) is 5.10 Å². The van der Waals surface area contributed by atoms with E-state index >= 15 is 0 Å². The molecule has 6 heteroatoms. The van der Waals surface area contributed by atoms with E-state index in [0.717, 1.165) is 23.3 Å². The normalized spacial score (nSPS) is 19.4. The van der Waals surface area contributed by atoms with Crippen molar-refractivity contribution in [3.63, 3.8) is 0 Å². The monoisotopic (exact) mass is 371 g/mol. The zero-order chi connectivity index (χ0) is 17.6. The molecule has 2 aromatic rings. The first-order chi connectivity index (χ1) is 12.2. The summed E-state index contributed by atoms with van der Waals surface area (Å²) >= 11 is 3.14. The number of rotatable bonds is 6. The summed E-state index contributed by atoms with van der Waals surface area (Å²) in [4.78, 5) is 15.6. The van der Waals surface area contributed by atoms with Gasteiger partial charge in [0.2, 0.25) is 5.91 Å². The second kappa shape index (κ2) is 8.45. The van der Waals surface area contributed by atoms with Gasteiger partial charge in [0.05, 0.1) is 18.0 Å². The average molecular weight is 372 g/mol. The fourth-order valence-corrected chi connectivity index (χ4v) is 4.43. The van der Waals surface area contributed by atoms with Crippen LogP contribution in [0, 0.1) is 6.92 Å². The van der Waals surface area contributed by atoms with Crippen LogP contribution in [0.25, 0.3) is 0 Å². The Balaban J connectivity index is 1.82. The van der Waals surface area contributed by atoms with E-state index in [4.69, 9.17) is 0 Å².